The van der Waals surface area contributed by atoms with Crippen molar-refractivity contribution in [1.29, 1.82) is 0 Å². The second-order valence-corrected chi connectivity index (χ2v) is 10.2. The number of imidazole rings is 1. The zero-order valence-electron chi connectivity index (χ0n) is 19.0. The number of carbonyl (C=O) groups is 1. The molecule has 7 nitrogen and oxygen atoms in total. The fourth-order valence-electron chi connectivity index (χ4n) is 4.24. The van der Waals surface area contributed by atoms with Crippen molar-refractivity contribution in [2.45, 2.75) is 24.9 Å². The summed E-state index contributed by atoms with van der Waals surface area (Å²) in [4.78, 5) is 26.1. The summed E-state index contributed by atoms with van der Waals surface area (Å²) < 4.78 is 20.5. The molecule has 0 fully saturated rings. The summed E-state index contributed by atoms with van der Waals surface area (Å²) in [5.41, 5.74) is 3.80. The van der Waals surface area contributed by atoms with E-state index < -0.39 is 16.5 Å². The van der Waals surface area contributed by atoms with E-state index in [1.807, 2.05) is 30.3 Å². The summed E-state index contributed by atoms with van der Waals surface area (Å²) in [5.74, 6) is 0. The Labute approximate surface area is 207 Å². The Hall–Kier alpha value is -3.91. The topological polar surface area (TPSA) is 77.5 Å². The number of hydrogen-bond acceptors (Lipinski definition) is 4. The fourth-order valence-corrected chi connectivity index (χ4v) is 5.98. The molecule has 5 rings (SSSR count). The monoisotopic (exact) mass is 503 g/mol. The van der Waals surface area contributed by atoms with Gasteiger partial charge in [-0.25, -0.2) is 10.1 Å². The van der Waals surface area contributed by atoms with E-state index in [0.29, 0.717) is 11.4 Å². The van der Waals surface area contributed by atoms with Gasteiger partial charge in [-0.1, -0.05) is 46.7 Å². The first kappa shape index (κ1) is 22.9. The Morgan fingerprint density at radius 1 is 0.971 bits per heavy atom. The van der Waals surface area contributed by atoms with Crippen molar-refractivity contribution in [2.24, 2.45) is 0 Å². The zero-order valence-corrected chi connectivity index (χ0v) is 20.6. The fraction of sp³-hybridized carbons (Fsp3) is 0.154. The Balaban J connectivity index is 1.39. The van der Waals surface area contributed by atoms with Gasteiger partial charge >= 0.3 is 11.7 Å². The van der Waals surface area contributed by atoms with Gasteiger partial charge in [-0.05, 0) is 53.8 Å². The Bertz CT molecular complexity index is 1760. The first-order chi connectivity index (χ1) is 17.0. The van der Waals surface area contributed by atoms with Gasteiger partial charge in [0.05, 0.1) is 24.1 Å². The maximum absolute atomic E-state index is 13.4. The maximum Gasteiger partial charge on any atom is 0.604 e. The molecule has 0 saturated carbocycles. The minimum atomic E-state index is -1.78. The molecule has 2 heterocycles. The van der Waals surface area contributed by atoms with Crippen LogP contribution in [0.25, 0.3) is 25.3 Å². The molecule has 9 heteroatoms. The van der Waals surface area contributed by atoms with E-state index in [9.17, 15) is 13.8 Å². The molecule has 2 amide bonds. The van der Waals surface area contributed by atoms with E-state index in [-0.39, 0.29) is 18.8 Å². The molecule has 0 atom stereocenters. The Morgan fingerprint density at radius 3 is 2.46 bits per heavy atom. The van der Waals surface area contributed by atoms with Crippen LogP contribution < -0.4 is 11.0 Å². The molecule has 0 radical (unpaired) electrons. The number of rotatable bonds is 5. The third kappa shape index (κ3) is 4.57. The molecule has 1 N–H and O–H groups in total. The number of fused-ring (bicyclic) bond motifs is 2. The highest BCUT2D eigenvalue weighted by Gasteiger charge is 2.17. The van der Waals surface area contributed by atoms with Gasteiger partial charge in [-0.3, -0.25) is 9.13 Å². The molecule has 176 valence electrons. The van der Waals surface area contributed by atoms with Gasteiger partial charge in [0, 0.05) is 10.1 Å². The number of nitrogens with zero attached hydrogens (tertiary/aromatic N) is 3. The van der Waals surface area contributed by atoms with Crippen LogP contribution in [0.4, 0.5) is 4.79 Å². The van der Waals surface area contributed by atoms with E-state index >= 15 is 0 Å². The van der Waals surface area contributed by atoms with Crippen molar-refractivity contribution < 1.29 is 9.00 Å². The average molecular weight is 504 g/mol. The highest BCUT2D eigenvalue weighted by atomic mass is 32.2. The quantitative estimate of drug-likeness (QED) is 0.359. The summed E-state index contributed by atoms with van der Waals surface area (Å²) in [6.45, 7) is 3.01. The second-order valence-electron chi connectivity index (χ2n) is 8.10. The highest BCUT2D eigenvalue weighted by Crippen LogP contribution is 2.29. The maximum atomic E-state index is 13.4. The molecule has 2 aromatic heterocycles. The molecular weight excluding hydrogens is 480 g/mol. The van der Waals surface area contributed by atoms with Crippen molar-refractivity contribution in [3.63, 3.8) is 0 Å². The largest absolute Gasteiger partial charge is 0.604 e. The molecule has 3 aromatic carbocycles. The molecule has 0 aliphatic carbocycles. The number of thiophene rings is 1. The second kappa shape index (κ2) is 9.76. The minimum absolute atomic E-state index is 0.141. The molecule has 5 aromatic rings. The molecule has 0 aliphatic heterocycles. The smallest absolute Gasteiger partial charge is 0.288 e. The lowest BCUT2D eigenvalue weighted by atomic mass is 10.1. The van der Waals surface area contributed by atoms with Crippen LogP contribution in [0.15, 0.2) is 87.9 Å². The van der Waals surface area contributed by atoms with Gasteiger partial charge in [0.15, 0.2) is 0 Å². The molecule has 0 bridgehead atoms. The van der Waals surface area contributed by atoms with Crippen molar-refractivity contribution in [3.05, 3.63) is 104 Å². The first-order valence-corrected chi connectivity index (χ1v) is 13.1. The minimum Gasteiger partial charge on any atom is -0.288 e. The number of benzene rings is 3. The van der Waals surface area contributed by atoms with E-state index in [1.165, 1.54) is 15.6 Å². The SMILES string of the molecule is Cc1cccc2scc(Cn3c(=O)n(CCNC(=O)[N+]#S(=O)c4ccccc4)c4ccccc43)c12. The predicted molar refractivity (Wildman–Crippen MR) is 141 cm³/mol. The molecule has 35 heavy (non-hydrogen) atoms. The molecule has 0 spiro atoms. The Morgan fingerprint density at radius 2 is 1.69 bits per heavy atom. The number of amides is 2. The van der Waals surface area contributed by atoms with Crippen LogP contribution >= 0.6 is 11.3 Å². The lowest BCUT2D eigenvalue weighted by Crippen LogP contribution is -2.30. The Kier molecular flexibility index (Phi) is 6.37. The van der Waals surface area contributed by atoms with E-state index in [4.69, 9.17) is 0 Å². The third-order valence-electron chi connectivity index (χ3n) is 5.86. The summed E-state index contributed by atoms with van der Waals surface area (Å²) in [5, 5.41) is 5.96. The van der Waals surface area contributed by atoms with Crippen molar-refractivity contribution in [1.82, 2.24) is 14.5 Å². The number of nitrogens with one attached hydrogen (secondary N) is 1. The van der Waals surface area contributed by atoms with Crippen LogP contribution in [0, 0.1) is 6.92 Å². The number of para-hydroxylation sites is 2. The van der Waals surface area contributed by atoms with Crippen molar-refractivity contribution >= 4 is 48.9 Å². The van der Waals surface area contributed by atoms with Gasteiger partial charge in [0.25, 0.3) is 10.4 Å². The van der Waals surface area contributed by atoms with E-state index in [2.05, 4.69) is 33.9 Å². The van der Waals surface area contributed by atoms with E-state index in [0.717, 1.165) is 16.6 Å². The average Bonchev–Trinajstić information content (AvgIpc) is 3.40. The molecular formula is C26H23N4O3S2+. The normalized spacial score (nSPS) is 11.0. The van der Waals surface area contributed by atoms with Crippen molar-refractivity contribution in [3.8, 4) is 0 Å². The van der Waals surface area contributed by atoms with E-state index in [1.54, 1.807) is 50.8 Å². The number of hydrogen-bond donors (Lipinski definition) is 1. The van der Waals surface area contributed by atoms with Crippen LogP contribution in [0.2, 0.25) is 0 Å². The molecule has 0 unspecified atom stereocenters. The van der Waals surface area contributed by atoms with Crippen LogP contribution in [0.1, 0.15) is 11.1 Å². The number of aromatic nitrogens is 2. The number of urea groups is 1. The van der Waals surface area contributed by atoms with Crippen LogP contribution in [-0.2, 0) is 23.5 Å². The number of carbonyl (C=O) groups excluding carboxylic acids is 1. The third-order valence-corrected chi connectivity index (χ3v) is 7.86. The number of aryl methyl sites for hydroxylation is 1. The van der Waals surface area contributed by atoms with Gasteiger partial charge < -0.3 is 0 Å². The first-order valence-electron chi connectivity index (χ1n) is 11.1. The molecule has 0 saturated heterocycles. The molecule has 0 aliphatic rings. The lowest BCUT2D eigenvalue weighted by Gasteiger charge is -2.04. The lowest BCUT2D eigenvalue weighted by molar-refractivity contribution is 0.254. The van der Waals surface area contributed by atoms with Gasteiger partial charge in [-0.2, -0.15) is 9.00 Å². The predicted octanol–water partition coefficient (Wildman–Crippen LogP) is 5.18. The van der Waals surface area contributed by atoms with Gasteiger partial charge in [0.2, 0.25) is 0 Å². The van der Waals surface area contributed by atoms with Crippen molar-refractivity contribution in [2.75, 3.05) is 6.54 Å². The van der Waals surface area contributed by atoms with Gasteiger partial charge in [0.1, 0.15) is 11.4 Å². The summed E-state index contributed by atoms with van der Waals surface area (Å²) in [6, 6.07) is 21.8. The standard InChI is InChI=1S/C26H22N4O3S2/c1-18-8-7-13-23-24(18)19(17-34-23)16-30-22-12-6-5-11-21(22)29(26(30)32)15-14-27-25(31)28-35(33)20-9-3-2-4-10-20/h2-13,17H,14-16H2,1H3/p+1. The zero-order chi connectivity index (χ0) is 24.4. The van der Waals surface area contributed by atoms with Crippen LogP contribution in [0.5, 0.6) is 0 Å². The summed E-state index contributed by atoms with van der Waals surface area (Å²) >= 11 is 1.68. The summed E-state index contributed by atoms with van der Waals surface area (Å²) in [7, 11) is -1.78. The van der Waals surface area contributed by atoms with Crippen LogP contribution in [0.3, 0.4) is 0 Å². The van der Waals surface area contributed by atoms with Gasteiger partial charge in [-0.15, -0.1) is 11.3 Å². The van der Waals surface area contributed by atoms with Crippen LogP contribution in [-0.4, -0.2) is 25.9 Å². The highest BCUT2D eigenvalue weighted by molar-refractivity contribution is 7.73. The summed E-state index contributed by atoms with van der Waals surface area (Å²) in [6.07, 6.45) is 0.